The minimum absolute atomic E-state index is 0.0847. The molecule has 0 aromatic heterocycles. The van der Waals surface area contributed by atoms with E-state index in [0.29, 0.717) is 28.4 Å². The average molecular weight is 446 g/mol. The molecule has 0 unspecified atom stereocenters. The number of benzene rings is 3. The summed E-state index contributed by atoms with van der Waals surface area (Å²) in [6, 6.07) is 17.8. The molecule has 4 rings (SSSR count). The lowest BCUT2D eigenvalue weighted by Gasteiger charge is -2.16. The Bertz CT molecular complexity index is 1210. The van der Waals surface area contributed by atoms with Crippen LogP contribution in [0.2, 0.25) is 0 Å². The predicted octanol–water partition coefficient (Wildman–Crippen LogP) is 4.80. The summed E-state index contributed by atoms with van der Waals surface area (Å²) in [4.78, 5) is 28.1. The molecule has 0 saturated carbocycles. The van der Waals surface area contributed by atoms with E-state index in [2.05, 4.69) is 5.32 Å². The molecule has 0 aliphatic carbocycles. The molecule has 0 radical (unpaired) electrons. The lowest BCUT2D eigenvalue weighted by atomic mass is 10.0. The molecule has 0 spiro atoms. The van der Waals surface area contributed by atoms with E-state index in [4.69, 9.17) is 9.47 Å². The minimum atomic E-state index is -0.509. The van der Waals surface area contributed by atoms with Crippen LogP contribution in [0.1, 0.15) is 18.1 Å². The smallest absolute Gasteiger partial charge is 0.282 e. The Balaban J connectivity index is 1.81. The van der Waals surface area contributed by atoms with Gasteiger partial charge in [-0.2, -0.15) is 0 Å². The molecule has 7 heteroatoms. The Labute approximate surface area is 191 Å². The summed E-state index contributed by atoms with van der Waals surface area (Å²) in [5.74, 6) is -0.400. The molecule has 168 valence electrons. The number of nitrogens with zero attached hydrogens (tertiary/aromatic N) is 1. The van der Waals surface area contributed by atoms with Gasteiger partial charge < -0.3 is 14.8 Å². The fraction of sp³-hybridized carbons (Fsp3) is 0.154. The van der Waals surface area contributed by atoms with Gasteiger partial charge in [0.2, 0.25) is 0 Å². The number of hydrogen-bond acceptors (Lipinski definition) is 5. The first-order chi connectivity index (χ1) is 15.9. The normalized spacial score (nSPS) is 13.5. The van der Waals surface area contributed by atoms with Gasteiger partial charge in [0, 0.05) is 23.9 Å². The van der Waals surface area contributed by atoms with Crippen molar-refractivity contribution in [3.8, 4) is 11.5 Å². The van der Waals surface area contributed by atoms with Crippen LogP contribution in [0, 0.1) is 5.82 Å². The molecular weight excluding hydrogens is 423 g/mol. The number of nitrogens with one attached hydrogen (secondary N) is 1. The van der Waals surface area contributed by atoms with Crippen molar-refractivity contribution in [2.45, 2.75) is 13.3 Å². The number of aryl methyl sites for hydroxylation is 1. The zero-order valence-electron chi connectivity index (χ0n) is 18.5. The van der Waals surface area contributed by atoms with Crippen molar-refractivity contribution in [3.05, 3.63) is 89.4 Å². The second-order valence-corrected chi connectivity index (χ2v) is 7.45. The van der Waals surface area contributed by atoms with Gasteiger partial charge in [-0.3, -0.25) is 9.59 Å². The van der Waals surface area contributed by atoms with Crippen LogP contribution < -0.4 is 19.7 Å². The van der Waals surface area contributed by atoms with Crippen molar-refractivity contribution in [1.82, 2.24) is 0 Å². The second-order valence-electron chi connectivity index (χ2n) is 7.45. The largest absolute Gasteiger partial charge is 0.497 e. The quantitative estimate of drug-likeness (QED) is 0.528. The first kappa shape index (κ1) is 22.1. The number of hydrogen-bond donors (Lipinski definition) is 1. The molecule has 6 nitrogen and oxygen atoms in total. The number of anilines is 2. The van der Waals surface area contributed by atoms with E-state index in [1.54, 1.807) is 30.3 Å². The summed E-state index contributed by atoms with van der Waals surface area (Å²) in [6.45, 7) is 2.03. The highest BCUT2D eigenvalue weighted by Crippen LogP contribution is 2.35. The van der Waals surface area contributed by atoms with E-state index >= 15 is 0 Å². The van der Waals surface area contributed by atoms with Crippen LogP contribution in [0.25, 0.3) is 5.57 Å². The number of ether oxygens (including phenoxy) is 2. The minimum Gasteiger partial charge on any atom is -0.497 e. The Morgan fingerprint density at radius 3 is 2.00 bits per heavy atom. The van der Waals surface area contributed by atoms with Gasteiger partial charge in [0.1, 0.15) is 23.0 Å². The van der Waals surface area contributed by atoms with Crippen molar-refractivity contribution in [2.24, 2.45) is 0 Å². The van der Waals surface area contributed by atoms with E-state index < -0.39 is 17.6 Å². The van der Waals surface area contributed by atoms with Crippen molar-refractivity contribution in [1.29, 1.82) is 0 Å². The molecule has 1 aliphatic rings. The zero-order chi connectivity index (χ0) is 23.5. The maximum Gasteiger partial charge on any atom is 0.282 e. The van der Waals surface area contributed by atoms with Crippen LogP contribution in [-0.4, -0.2) is 26.0 Å². The molecule has 0 saturated heterocycles. The summed E-state index contributed by atoms with van der Waals surface area (Å²) >= 11 is 0. The Morgan fingerprint density at radius 2 is 1.45 bits per heavy atom. The molecule has 1 aliphatic heterocycles. The van der Waals surface area contributed by atoms with E-state index in [0.717, 1.165) is 16.9 Å². The van der Waals surface area contributed by atoms with Crippen LogP contribution >= 0.6 is 0 Å². The summed E-state index contributed by atoms with van der Waals surface area (Å²) in [6.07, 6.45) is 0.839. The third-order valence-electron chi connectivity index (χ3n) is 5.44. The van der Waals surface area contributed by atoms with Crippen LogP contribution in [-0.2, 0) is 16.0 Å². The third-order valence-corrected chi connectivity index (χ3v) is 5.44. The molecule has 3 aromatic carbocycles. The highest BCUT2D eigenvalue weighted by atomic mass is 19.1. The van der Waals surface area contributed by atoms with Crippen LogP contribution in [0.3, 0.4) is 0 Å². The van der Waals surface area contributed by atoms with Gasteiger partial charge in [0.15, 0.2) is 0 Å². The molecule has 1 N–H and O–H groups in total. The maximum absolute atomic E-state index is 13.5. The van der Waals surface area contributed by atoms with Crippen molar-refractivity contribution in [2.75, 3.05) is 24.4 Å². The van der Waals surface area contributed by atoms with E-state index in [1.807, 2.05) is 19.1 Å². The lowest BCUT2D eigenvalue weighted by molar-refractivity contribution is -0.120. The van der Waals surface area contributed by atoms with Crippen molar-refractivity contribution >= 4 is 28.8 Å². The van der Waals surface area contributed by atoms with Crippen molar-refractivity contribution < 1.29 is 23.5 Å². The van der Waals surface area contributed by atoms with E-state index in [9.17, 15) is 14.0 Å². The molecule has 2 amide bonds. The van der Waals surface area contributed by atoms with Crippen LogP contribution in [0.15, 0.2) is 72.4 Å². The van der Waals surface area contributed by atoms with Gasteiger partial charge in [-0.05, 0) is 41.8 Å². The van der Waals surface area contributed by atoms with Gasteiger partial charge >= 0.3 is 0 Å². The van der Waals surface area contributed by atoms with Gasteiger partial charge in [-0.1, -0.05) is 31.2 Å². The van der Waals surface area contributed by atoms with Gasteiger partial charge in [0.25, 0.3) is 11.8 Å². The molecule has 1 heterocycles. The number of rotatable bonds is 7. The average Bonchev–Trinajstić information content (AvgIpc) is 3.08. The van der Waals surface area contributed by atoms with Crippen LogP contribution in [0.5, 0.6) is 11.5 Å². The number of carbonyl (C=O) groups is 2. The standard InChI is InChI=1S/C26H23FN2O4/c1-4-16-5-11-20(12-6-16)29-25(30)23(17-7-9-18(27)10-8-17)24(26(29)31)28-19-13-21(32-2)15-22(14-19)33-3/h5-15,28H,4H2,1-3H3. The SMILES string of the molecule is CCc1ccc(N2C(=O)C(Nc3cc(OC)cc(OC)c3)=C(c3ccc(F)cc3)C2=O)cc1. The number of methoxy groups -OCH3 is 2. The molecule has 3 aromatic rings. The molecule has 0 atom stereocenters. The first-order valence-electron chi connectivity index (χ1n) is 10.4. The van der Waals surface area contributed by atoms with Crippen molar-refractivity contribution in [3.63, 3.8) is 0 Å². The molecule has 0 bridgehead atoms. The molecule has 33 heavy (non-hydrogen) atoms. The van der Waals surface area contributed by atoms with Gasteiger partial charge in [-0.25, -0.2) is 9.29 Å². The van der Waals surface area contributed by atoms with E-state index in [1.165, 1.54) is 38.5 Å². The summed E-state index contributed by atoms with van der Waals surface area (Å²) in [5.41, 5.74) is 2.72. The Hall–Kier alpha value is -4.13. The Kier molecular flexibility index (Phi) is 6.13. The van der Waals surface area contributed by atoms with E-state index in [-0.39, 0.29) is 11.3 Å². The summed E-state index contributed by atoms with van der Waals surface area (Å²) in [7, 11) is 3.04. The lowest BCUT2D eigenvalue weighted by Crippen LogP contribution is -2.32. The van der Waals surface area contributed by atoms with Crippen LogP contribution in [0.4, 0.5) is 15.8 Å². The monoisotopic (exact) mass is 446 g/mol. The summed E-state index contributed by atoms with van der Waals surface area (Å²) < 4.78 is 24.2. The first-order valence-corrected chi connectivity index (χ1v) is 10.4. The number of halogens is 1. The van der Waals surface area contributed by atoms with Gasteiger partial charge in [-0.15, -0.1) is 0 Å². The Morgan fingerprint density at radius 1 is 0.848 bits per heavy atom. The molecule has 0 fully saturated rings. The fourth-order valence-corrected chi connectivity index (χ4v) is 3.67. The van der Waals surface area contributed by atoms with Gasteiger partial charge in [0.05, 0.1) is 25.5 Å². The third kappa shape index (κ3) is 4.30. The second kappa shape index (κ2) is 9.16. The number of imide groups is 1. The fourth-order valence-electron chi connectivity index (χ4n) is 3.67. The summed E-state index contributed by atoms with van der Waals surface area (Å²) in [5, 5.41) is 3.07. The maximum atomic E-state index is 13.5. The predicted molar refractivity (Wildman–Crippen MR) is 125 cm³/mol. The topological polar surface area (TPSA) is 67.9 Å². The number of carbonyl (C=O) groups excluding carboxylic acids is 2. The highest BCUT2D eigenvalue weighted by molar-refractivity contribution is 6.46. The zero-order valence-corrected chi connectivity index (χ0v) is 18.5. The number of amides is 2. The molecular formula is C26H23FN2O4. The highest BCUT2D eigenvalue weighted by Gasteiger charge is 2.40.